The first-order chi connectivity index (χ1) is 8.85. The Balaban J connectivity index is 3.53. The van der Waals surface area contributed by atoms with E-state index in [-0.39, 0.29) is 12.0 Å². The van der Waals surface area contributed by atoms with E-state index in [2.05, 4.69) is 12.2 Å². The second-order valence-corrected chi connectivity index (χ2v) is 5.77. The summed E-state index contributed by atoms with van der Waals surface area (Å²) in [4.78, 5) is 22.6. The second-order valence-electron chi connectivity index (χ2n) is 5.77. The van der Waals surface area contributed by atoms with Crippen LogP contribution in [0, 0.1) is 5.41 Å². The maximum Gasteiger partial charge on any atom is 0.407 e. The molecule has 0 heterocycles. The zero-order valence-electron chi connectivity index (χ0n) is 12.6. The zero-order valence-corrected chi connectivity index (χ0v) is 12.6. The molecule has 0 aromatic carbocycles. The Morgan fingerprint density at radius 3 is 2.32 bits per heavy atom. The first kappa shape index (κ1) is 17.7. The molecule has 0 rings (SSSR count). The lowest BCUT2D eigenvalue weighted by Crippen LogP contribution is -2.33. The van der Waals surface area contributed by atoms with Crippen LogP contribution in [0.25, 0.3) is 0 Å². The minimum absolute atomic E-state index is 0.0862. The molecule has 19 heavy (non-hydrogen) atoms. The number of hydrogen-bond donors (Lipinski definition) is 1. The van der Waals surface area contributed by atoms with Crippen LogP contribution in [-0.2, 0) is 14.3 Å². The van der Waals surface area contributed by atoms with E-state index in [0.29, 0.717) is 13.2 Å². The average molecular weight is 273 g/mol. The van der Waals surface area contributed by atoms with Crippen molar-refractivity contribution in [2.24, 2.45) is 5.41 Å². The first-order valence-electron chi connectivity index (χ1n) is 6.91. The Morgan fingerprint density at radius 1 is 1.05 bits per heavy atom. The van der Waals surface area contributed by atoms with Crippen molar-refractivity contribution in [3.8, 4) is 0 Å². The first-order valence-corrected chi connectivity index (χ1v) is 6.91. The number of carbonyl (C=O) groups excluding carboxylic acids is 2. The summed E-state index contributed by atoms with van der Waals surface area (Å²) < 4.78 is 9.93. The predicted octanol–water partition coefficient (Wildman–Crippen LogP) is 2.88. The van der Waals surface area contributed by atoms with Crippen molar-refractivity contribution in [1.82, 2.24) is 5.32 Å². The fraction of sp³-hybridized carbons (Fsp3) is 0.857. The molecular weight excluding hydrogens is 246 g/mol. The van der Waals surface area contributed by atoms with Gasteiger partial charge in [0.05, 0.1) is 13.2 Å². The van der Waals surface area contributed by atoms with Crippen LogP contribution in [0.15, 0.2) is 0 Å². The second kappa shape index (κ2) is 9.64. The number of ether oxygens (including phenoxy) is 2. The van der Waals surface area contributed by atoms with Gasteiger partial charge in [0, 0.05) is 0 Å². The van der Waals surface area contributed by atoms with Crippen LogP contribution in [-0.4, -0.2) is 31.8 Å². The van der Waals surface area contributed by atoms with E-state index < -0.39 is 12.1 Å². The fourth-order valence-electron chi connectivity index (χ4n) is 1.24. The van der Waals surface area contributed by atoms with Gasteiger partial charge in [-0.3, -0.25) is 4.79 Å². The molecule has 0 aliphatic carbocycles. The van der Waals surface area contributed by atoms with Crippen molar-refractivity contribution < 1.29 is 19.1 Å². The molecule has 5 nitrogen and oxygen atoms in total. The number of rotatable bonds is 8. The molecule has 0 fully saturated rings. The van der Waals surface area contributed by atoms with Crippen molar-refractivity contribution in [3.63, 3.8) is 0 Å². The number of nitrogens with one attached hydrogen (secondary N) is 1. The Labute approximate surface area is 116 Å². The summed E-state index contributed by atoms with van der Waals surface area (Å²) in [5.74, 6) is -0.427. The van der Waals surface area contributed by atoms with E-state index in [1.54, 1.807) is 0 Å². The lowest BCUT2D eigenvalue weighted by atomic mass is 9.99. The van der Waals surface area contributed by atoms with E-state index in [9.17, 15) is 9.59 Å². The minimum atomic E-state index is -0.585. The highest BCUT2D eigenvalue weighted by Crippen LogP contribution is 2.12. The van der Waals surface area contributed by atoms with Crippen LogP contribution in [0.1, 0.15) is 53.4 Å². The van der Waals surface area contributed by atoms with Crippen LogP contribution < -0.4 is 5.32 Å². The molecule has 0 radical (unpaired) electrons. The summed E-state index contributed by atoms with van der Waals surface area (Å²) in [6.45, 7) is 8.60. The fourth-order valence-corrected chi connectivity index (χ4v) is 1.24. The van der Waals surface area contributed by atoms with Gasteiger partial charge in [-0.2, -0.15) is 0 Å². The van der Waals surface area contributed by atoms with E-state index >= 15 is 0 Å². The van der Waals surface area contributed by atoms with Crippen LogP contribution in [0.4, 0.5) is 4.79 Å². The van der Waals surface area contributed by atoms with Gasteiger partial charge in [-0.25, -0.2) is 4.79 Å². The molecule has 0 atom stereocenters. The summed E-state index contributed by atoms with van der Waals surface area (Å²) >= 11 is 0. The largest absolute Gasteiger partial charge is 0.464 e. The average Bonchev–Trinajstić information content (AvgIpc) is 2.32. The molecule has 0 saturated heterocycles. The van der Waals surface area contributed by atoms with Gasteiger partial charge in [0.15, 0.2) is 0 Å². The molecule has 0 aliphatic heterocycles. The maximum absolute atomic E-state index is 11.3. The summed E-state index contributed by atoms with van der Waals surface area (Å²) in [6.07, 6.45) is 3.64. The highest BCUT2D eigenvalue weighted by atomic mass is 16.6. The van der Waals surface area contributed by atoms with Gasteiger partial charge in [0.2, 0.25) is 0 Å². The van der Waals surface area contributed by atoms with E-state index in [4.69, 9.17) is 9.47 Å². The van der Waals surface area contributed by atoms with Crippen LogP contribution >= 0.6 is 0 Å². The summed E-state index contributed by atoms with van der Waals surface area (Å²) in [5.41, 5.74) is -0.0862. The van der Waals surface area contributed by atoms with Crippen molar-refractivity contribution >= 4 is 12.1 Å². The Bertz CT molecular complexity index is 271. The molecular formula is C14H27NO4. The standard InChI is InChI=1S/C14H27NO4/c1-5-6-7-8-9-18-12(16)10-15-13(17)19-11-14(2,3)4/h5-11H2,1-4H3,(H,15,17). The monoisotopic (exact) mass is 273 g/mol. The SMILES string of the molecule is CCCCCCOC(=O)CNC(=O)OCC(C)(C)C. The smallest absolute Gasteiger partial charge is 0.407 e. The number of alkyl carbamates (subject to hydrolysis) is 1. The molecule has 0 saturated carbocycles. The van der Waals surface area contributed by atoms with Crippen LogP contribution in [0.2, 0.25) is 0 Å². The third-order valence-corrected chi connectivity index (χ3v) is 2.27. The Kier molecular flexibility index (Phi) is 9.00. The van der Waals surface area contributed by atoms with Gasteiger partial charge in [-0.05, 0) is 11.8 Å². The minimum Gasteiger partial charge on any atom is -0.464 e. The molecule has 112 valence electrons. The van der Waals surface area contributed by atoms with Gasteiger partial charge in [-0.15, -0.1) is 0 Å². The predicted molar refractivity (Wildman–Crippen MR) is 73.9 cm³/mol. The quantitative estimate of drug-likeness (QED) is 0.545. The number of carbonyl (C=O) groups is 2. The molecule has 0 unspecified atom stereocenters. The molecule has 0 bridgehead atoms. The summed E-state index contributed by atoms with van der Waals surface area (Å²) in [7, 11) is 0. The van der Waals surface area contributed by atoms with E-state index in [1.165, 1.54) is 0 Å². The molecule has 5 heteroatoms. The number of esters is 1. The normalized spacial score (nSPS) is 10.9. The zero-order chi connectivity index (χ0) is 14.7. The lowest BCUT2D eigenvalue weighted by Gasteiger charge is -2.17. The molecule has 0 aliphatic rings. The Morgan fingerprint density at radius 2 is 1.74 bits per heavy atom. The molecule has 1 N–H and O–H groups in total. The maximum atomic E-state index is 11.3. The van der Waals surface area contributed by atoms with Gasteiger partial charge in [0.25, 0.3) is 0 Å². The van der Waals surface area contributed by atoms with Crippen LogP contribution in [0.5, 0.6) is 0 Å². The third kappa shape index (κ3) is 13.0. The molecule has 0 aromatic rings. The van der Waals surface area contributed by atoms with Crippen molar-refractivity contribution in [2.75, 3.05) is 19.8 Å². The summed E-state index contributed by atoms with van der Waals surface area (Å²) in [5, 5.41) is 2.37. The Hall–Kier alpha value is -1.26. The van der Waals surface area contributed by atoms with Gasteiger partial charge < -0.3 is 14.8 Å². The van der Waals surface area contributed by atoms with Gasteiger partial charge in [-0.1, -0.05) is 47.0 Å². The van der Waals surface area contributed by atoms with Crippen molar-refractivity contribution in [1.29, 1.82) is 0 Å². The van der Waals surface area contributed by atoms with E-state index in [0.717, 1.165) is 25.7 Å². The topological polar surface area (TPSA) is 64.6 Å². The lowest BCUT2D eigenvalue weighted by molar-refractivity contribution is -0.142. The van der Waals surface area contributed by atoms with Crippen molar-refractivity contribution in [2.45, 2.75) is 53.4 Å². The highest BCUT2D eigenvalue weighted by molar-refractivity contribution is 5.77. The molecule has 1 amide bonds. The van der Waals surface area contributed by atoms with Gasteiger partial charge >= 0.3 is 12.1 Å². The number of amides is 1. The highest BCUT2D eigenvalue weighted by Gasteiger charge is 2.14. The van der Waals surface area contributed by atoms with Gasteiger partial charge in [0.1, 0.15) is 6.54 Å². The summed E-state index contributed by atoms with van der Waals surface area (Å²) in [6, 6.07) is 0. The third-order valence-electron chi connectivity index (χ3n) is 2.27. The van der Waals surface area contributed by atoms with Crippen LogP contribution in [0.3, 0.4) is 0 Å². The van der Waals surface area contributed by atoms with E-state index in [1.807, 2.05) is 20.8 Å². The number of unbranched alkanes of at least 4 members (excludes halogenated alkanes) is 3. The number of hydrogen-bond acceptors (Lipinski definition) is 4. The molecule has 0 aromatic heterocycles. The van der Waals surface area contributed by atoms with Crippen molar-refractivity contribution in [3.05, 3.63) is 0 Å². The molecule has 0 spiro atoms.